The molecular formula is C6H10N2O5S. The number of rotatable bonds is 5. The molecule has 0 aliphatic heterocycles. The number of amides is 2. The van der Waals surface area contributed by atoms with E-state index in [0.29, 0.717) is 0 Å². The molecule has 0 atom stereocenters. The third-order valence-corrected chi connectivity index (χ3v) is 1.67. The molecule has 0 aliphatic carbocycles. The normalized spacial score (nSPS) is 10.4. The number of carbonyl (C=O) groups is 2. The zero-order valence-electron chi connectivity index (χ0n) is 7.19. The standard InChI is InChI=1S/C6H10N2O5S/c1-2-5(9)7-4-8-6(10)3-14(11,12)13/h2H,1,3-4H2,(H,7,9)(H,8,10)(H,11,12,13). The molecule has 0 rings (SSSR count). The van der Waals surface area contributed by atoms with Crippen molar-refractivity contribution in [1.29, 1.82) is 0 Å². The molecule has 0 saturated carbocycles. The van der Waals surface area contributed by atoms with Crippen LogP contribution in [-0.2, 0) is 19.7 Å². The third-order valence-electron chi connectivity index (χ3n) is 1.05. The molecule has 0 fully saturated rings. The average molecular weight is 222 g/mol. The Balaban J connectivity index is 3.76. The molecule has 0 aromatic carbocycles. The number of hydrogen-bond acceptors (Lipinski definition) is 4. The van der Waals surface area contributed by atoms with Crippen molar-refractivity contribution in [2.45, 2.75) is 0 Å². The lowest BCUT2D eigenvalue weighted by Gasteiger charge is -2.03. The third kappa shape index (κ3) is 7.25. The Morgan fingerprint density at radius 1 is 1.36 bits per heavy atom. The number of nitrogens with one attached hydrogen (secondary N) is 2. The van der Waals surface area contributed by atoms with Gasteiger partial charge in [-0.3, -0.25) is 14.1 Å². The molecular weight excluding hydrogens is 212 g/mol. The van der Waals surface area contributed by atoms with Crippen LogP contribution in [0.4, 0.5) is 0 Å². The SMILES string of the molecule is C=CC(=O)NCNC(=O)CS(=O)(=O)O. The van der Waals surface area contributed by atoms with Gasteiger partial charge in [0.2, 0.25) is 11.8 Å². The van der Waals surface area contributed by atoms with E-state index < -0.39 is 27.7 Å². The van der Waals surface area contributed by atoms with Gasteiger partial charge in [-0.25, -0.2) is 0 Å². The molecule has 0 bridgehead atoms. The summed E-state index contributed by atoms with van der Waals surface area (Å²) in [6.07, 6.45) is 0.995. The maximum Gasteiger partial charge on any atom is 0.274 e. The fourth-order valence-electron chi connectivity index (χ4n) is 0.519. The van der Waals surface area contributed by atoms with E-state index >= 15 is 0 Å². The van der Waals surface area contributed by atoms with Gasteiger partial charge in [-0.15, -0.1) is 0 Å². The average Bonchev–Trinajstić information content (AvgIpc) is 2.00. The molecule has 0 radical (unpaired) electrons. The lowest BCUT2D eigenvalue weighted by molar-refractivity contribution is -0.119. The number of hydrogen-bond donors (Lipinski definition) is 3. The van der Waals surface area contributed by atoms with Gasteiger partial charge in [0.1, 0.15) is 0 Å². The van der Waals surface area contributed by atoms with Crippen molar-refractivity contribution >= 4 is 21.9 Å². The van der Waals surface area contributed by atoms with Crippen LogP contribution in [0.5, 0.6) is 0 Å². The smallest absolute Gasteiger partial charge is 0.274 e. The molecule has 2 amide bonds. The van der Waals surface area contributed by atoms with E-state index in [0.717, 1.165) is 6.08 Å². The molecule has 0 unspecified atom stereocenters. The van der Waals surface area contributed by atoms with Crippen LogP contribution < -0.4 is 10.6 Å². The quantitative estimate of drug-likeness (QED) is 0.290. The van der Waals surface area contributed by atoms with E-state index in [9.17, 15) is 18.0 Å². The first-order valence-electron chi connectivity index (χ1n) is 3.47. The molecule has 0 heterocycles. The monoisotopic (exact) mass is 222 g/mol. The maximum absolute atomic E-state index is 10.7. The van der Waals surface area contributed by atoms with Gasteiger partial charge >= 0.3 is 0 Å². The second kappa shape index (κ2) is 5.35. The Kier molecular flexibility index (Phi) is 4.81. The summed E-state index contributed by atoms with van der Waals surface area (Å²) in [6, 6.07) is 0. The Morgan fingerprint density at radius 3 is 2.36 bits per heavy atom. The zero-order valence-corrected chi connectivity index (χ0v) is 8.00. The molecule has 0 aliphatic rings. The summed E-state index contributed by atoms with van der Waals surface area (Å²) in [5.74, 6) is -2.44. The fraction of sp³-hybridized carbons (Fsp3) is 0.333. The summed E-state index contributed by atoms with van der Waals surface area (Å²) in [5, 5.41) is 4.23. The van der Waals surface area contributed by atoms with Crippen LogP contribution in [0.25, 0.3) is 0 Å². The van der Waals surface area contributed by atoms with E-state index in [1.165, 1.54) is 0 Å². The lowest BCUT2D eigenvalue weighted by atomic mass is 10.6. The fourth-order valence-corrected chi connectivity index (χ4v) is 0.952. The Labute approximate surface area is 80.9 Å². The van der Waals surface area contributed by atoms with Crippen molar-refractivity contribution < 1.29 is 22.6 Å². The van der Waals surface area contributed by atoms with Gasteiger partial charge in [0.25, 0.3) is 10.1 Å². The van der Waals surface area contributed by atoms with Gasteiger partial charge in [-0.05, 0) is 6.08 Å². The van der Waals surface area contributed by atoms with Gasteiger partial charge in [0.05, 0.1) is 6.67 Å². The first-order chi connectivity index (χ1) is 6.35. The van der Waals surface area contributed by atoms with Crippen LogP contribution in [0.2, 0.25) is 0 Å². The zero-order chi connectivity index (χ0) is 11.2. The van der Waals surface area contributed by atoms with Crippen LogP contribution in [-0.4, -0.2) is 37.2 Å². The first kappa shape index (κ1) is 12.6. The molecule has 3 N–H and O–H groups in total. The van der Waals surface area contributed by atoms with Gasteiger partial charge in [0, 0.05) is 0 Å². The summed E-state index contributed by atoms with van der Waals surface area (Å²) >= 11 is 0. The van der Waals surface area contributed by atoms with Crippen molar-refractivity contribution in [2.75, 3.05) is 12.4 Å². The summed E-state index contributed by atoms with van der Waals surface area (Å²) < 4.78 is 28.6. The van der Waals surface area contributed by atoms with Crippen LogP contribution in [0, 0.1) is 0 Å². The predicted molar refractivity (Wildman–Crippen MR) is 47.8 cm³/mol. The molecule has 0 saturated heterocycles. The Morgan fingerprint density at radius 2 is 1.93 bits per heavy atom. The second-order valence-corrected chi connectivity index (χ2v) is 3.70. The second-order valence-electron chi connectivity index (χ2n) is 2.25. The van der Waals surface area contributed by atoms with Gasteiger partial charge in [-0.2, -0.15) is 8.42 Å². The molecule has 0 aromatic heterocycles. The predicted octanol–water partition coefficient (Wildman–Crippen LogP) is -1.75. The van der Waals surface area contributed by atoms with E-state index in [2.05, 4.69) is 11.9 Å². The van der Waals surface area contributed by atoms with Crippen LogP contribution in [0.15, 0.2) is 12.7 Å². The van der Waals surface area contributed by atoms with Crippen molar-refractivity contribution in [3.8, 4) is 0 Å². The van der Waals surface area contributed by atoms with E-state index in [-0.39, 0.29) is 6.67 Å². The summed E-state index contributed by atoms with van der Waals surface area (Å²) in [6.45, 7) is 2.93. The minimum absolute atomic E-state index is 0.223. The minimum Gasteiger partial charge on any atom is -0.338 e. The van der Waals surface area contributed by atoms with E-state index in [1.54, 1.807) is 0 Å². The van der Waals surface area contributed by atoms with Crippen molar-refractivity contribution in [3.05, 3.63) is 12.7 Å². The first-order valence-corrected chi connectivity index (χ1v) is 5.08. The van der Waals surface area contributed by atoms with Crippen molar-refractivity contribution in [1.82, 2.24) is 10.6 Å². The van der Waals surface area contributed by atoms with Crippen LogP contribution >= 0.6 is 0 Å². The van der Waals surface area contributed by atoms with E-state index in [1.807, 2.05) is 5.32 Å². The summed E-state index contributed by atoms with van der Waals surface area (Å²) in [4.78, 5) is 21.2. The van der Waals surface area contributed by atoms with Gasteiger partial charge in [-0.1, -0.05) is 6.58 Å². The minimum atomic E-state index is -4.32. The van der Waals surface area contributed by atoms with Crippen LogP contribution in [0.1, 0.15) is 0 Å². The highest BCUT2D eigenvalue weighted by molar-refractivity contribution is 7.86. The highest BCUT2D eigenvalue weighted by Crippen LogP contribution is 1.80. The molecule has 80 valence electrons. The topological polar surface area (TPSA) is 113 Å². The van der Waals surface area contributed by atoms with Crippen molar-refractivity contribution in [2.24, 2.45) is 0 Å². The summed E-state index contributed by atoms with van der Waals surface area (Å²) in [7, 11) is -4.32. The van der Waals surface area contributed by atoms with Gasteiger partial charge in [0.15, 0.2) is 5.75 Å². The van der Waals surface area contributed by atoms with Crippen LogP contribution in [0.3, 0.4) is 0 Å². The van der Waals surface area contributed by atoms with Crippen molar-refractivity contribution in [3.63, 3.8) is 0 Å². The summed E-state index contributed by atoms with van der Waals surface area (Å²) in [5.41, 5.74) is 0. The Hall–Kier alpha value is -1.41. The molecule has 8 heteroatoms. The van der Waals surface area contributed by atoms with E-state index in [4.69, 9.17) is 4.55 Å². The molecule has 7 nitrogen and oxygen atoms in total. The molecule has 0 spiro atoms. The van der Waals surface area contributed by atoms with Gasteiger partial charge < -0.3 is 10.6 Å². The maximum atomic E-state index is 10.7. The molecule has 14 heavy (non-hydrogen) atoms. The highest BCUT2D eigenvalue weighted by atomic mass is 32.2. The lowest BCUT2D eigenvalue weighted by Crippen LogP contribution is -2.39. The Bertz CT molecular complexity index is 334. The number of carbonyl (C=O) groups excluding carboxylic acids is 2. The largest absolute Gasteiger partial charge is 0.338 e. The highest BCUT2D eigenvalue weighted by Gasteiger charge is 2.11. The molecule has 0 aromatic rings.